The van der Waals surface area contributed by atoms with Crippen molar-refractivity contribution in [2.75, 3.05) is 13.7 Å². The van der Waals surface area contributed by atoms with Crippen molar-refractivity contribution in [3.63, 3.8) is 0 Å². The van der Waals surface area contributed by atoms with Crippen LogP contribution in [0.25, 0.3) is 11.1 Å². The number of rotatable bonds is 8. The molecule has 4 nitrogen and oxygen atoms in total. The highest BCUT2D eigenvalue weighted by Gasteiger charge is 2.18. The second kappa shape index (κ2) is 13.6. The van der Waals surface area contributed by atoms with Crippen molar-refractivity contribution < 1.29 is 9.47 Å². The predicted octanol–water partition coefficient (Wildman–Crippen LogP) is 7.11. The molecule has 34 heavy (non-hydrogen) atoms. The first kappa shape index (κ1) is 25.5. The van der Waals surface area contributed by atoms with E-state index in [9.17, 15) is 0 Å². The zero-order valence-electron chi connectivity index (χ0n) is 20.8. The van der Waals surface area contributed by atoms with Gasteiger partial charge < -0.3 is 15.2 Å². The van der Waals surface area contributed by atoms with Gasteiger partial charge in [0, 0.05) is 0 Å². The number of aliphatic imine (C=N–C) groups is 1. The van der Waals surface area contributed by atoms with Crippen molar-refractivity contribution in [3.05, 3.63) is 83.4 Å². The molecule has 180 valence electrons. The molecule has 1 unspecified atom stereocenters. The van der Waals surface area contributed by atoms with Crippen molar-refractivity contribution in [2.45, 2.75) is 52.6 Å². The third kappa shape index (κ3) is 7.46. The van der Waals surface area contributed by atoms with Crippen LogP contribution in [0.1, 0.15) is 49.8 Å². The lowest BCUT2D eigenvalue weighted by atomic mass is 9.82. The van der Waals surface area contributed by atoms with Gasteiger partial charge in [0.05, 0.1) is 12.8 Å². The molecule has 0 spiro atoms. The molecule has 0 saturated carbocycles. The quantitative estimate of drug-likeness (QED) is 0.289. The van der Waals surface area contributed by atoms with E-state index in [-0.39, 0.29) is 0 Å². The fourth-order valence-electron chi connectivity index (χ4n) is 4.22. The maximum atomic E-state index is 6.09. The van der Waals surface area contributed by atoms with Crippen molar-refractivity contribution in [1.82, 2.24) is 0 Å². The molecule has 0 saturated heterocycles. The summed E-state index contributed by atoms with van der Waals surface area (Å²) in [6.07, 6.45) is 7.32. The van der Waals surface area contributed by atoms with Crippen LogP contribution in [0.3, 0.4) is 0 Å². The average molecular weight is 459 g/mol. The standard InChI is InChI=1S/C27H30N2O2.C3H8/c1-30-19-29-26-4-2-3-23(16-26)22-8-6-21(7-9-22)18-31-27-12-11-24-15-20(13-14-28)5-10-25(24)17-27;1-3-2/h2-4,6-9,11-12,16-17,19-20H,5,10,13-15,18,28H2,1H3;3H2,1-2H3. The molecule has 0 aliphatic heterocycles. The van der Waals surface area contributed by atoms with E-state index in [1.54, 1.807) is 7.11 Å². The molecule has 1 aliphatic rings. The van der Waals surface area contributed by atoms with Gasteiger partial charge >= 0.3 is 0 Å². The Morgan fingerprint density at radius 1 is 0.971 bits per heavy atom. The van der Waals surface area contributed by atoms with E-state index in [0.717, 1.165) is 59.9 Å². The summed E-state index contributed by atoms with van der Waals surface area (Å²) in [5.41, 5.74) is 12.9. The Hall–Kier alpha value is -3.11. The second-order valence-electron chi connectivity index (χ2n) is 8.83. The maximum Gasteiger partial charge on any atom is 0.174 e. The van der Waals surface area contributed by atoms with Crippen molar-refractivity contribution in [1.29, 1.82) is 0 Å². The Morgan fingerprint density at radius 2 is 1.76 bits per heavy atom. The number of hydrogen-bond donors (Lipinski definition) is 1. The average Bonchev–Trinajstić information content (AvgIpc) is 2.87. The highest BCUT2D eigenvalue weighted by atomic mass is 16.5. The Labute approximate surface area is 204 Å². The first-order chi connectivity index (χ1) is 16.7. The fraction of sp³-hybridized carbons (Fsp3) is 0.367. The number of benzene rings is 3. The van der Waals surface area contributed by atoms with Crippen LogP contribution < -0.4 is 10.5 Å². The molecule has 0 aromatic heterocycles. The van der Waals surface area contributed by atoms with Gasteiger partial charge in [-0.05, 0) is 90.2 Å². The minimum absolute atomic E-state index is 0.563. The number of fused-ring (bicyclic) bond motifs is 1. The van der Waals surface area contributed by atoms with Crippen molar-refractivity contribution >= 4 is 12.1 Å². The van der Waals surface area contributed by atoms with Gasteiger partial charge in [0.15, 0.2) is 6.40 Å². The fourth-order valence-corrected chi connectivity index (χ4v) is 4.22. The number of nitrogens with zero attached hydrogens (tertiary/aromatic N) is 1. The van der Waals surface area contributed by atoms with Gasteiger partial charge in [0.1, 0.15) is 12.4 Å². The van der Waals surface area contributed by atoms with E-state index in [4.69, 9.17) is 15.2 Å². The summed E-state index contributed by atoms with van der Waals surface area (Å²) in [6, 6.07) is 23.1. The smallest absolute Gasteiger partial charge is 0.174 e. The van der Waals surface area contributed by atoms with Crippen molar-refractivity contribution in [2.24, 2.45) is 16.6 Å². The van der Waals surface area contributed by atoms with Gasteiger partial charge in [0.2, 0.25) is 0 Å². The Balaban J connectivity index is 0.00000103. The lowest BCUT2D eigenvalue weighted by Crippen LogP contribution is -2.17. The molecular formula is C30H38N2O2. The van der Waals surface area contributed by atoms with Gasteiger partial charge in [-0.3, -0.25) is 0 Å². The minimum atomic E-state index is 0.563. The molecule has 1 atom stereocenters. The highest BCUT2D eigenvalue weighted by molar-refractivity contribution is 5.68. The van der Waals surface area contributed by atoms with Crippen LogP contribution in [0.4, 0.5) is 5.69 Å². The Kier molecular flexibility index (Phi) is 10.2. The maximum absolute atomic E-state index is 6.09. The first-order valence-corrected chi connectivity index (χ1v) is 12.4. The van der Waals surface area contributed by atoms with E-state index in [0.29, 0.717) is 6.61 Å². The van der Waals surface area contributed by atoms with Gasteiger partial charge in [-0.15, -0.1) is 0 Å². The summed E-state index contributed by atoms with van der Waals surface area (Å²) in [5.74, 6) is 1.68. The van der Waals surface area contributed by atoms with Crippen LogP contribution in [-0.2, 0) is 24.2 Å². The first-order valence-electron chi connectivity index (χ1n) is 12.4. The summed E-state index contributed by atoms with van der Waals surface area (Å²) in [7, 11) is 1.59. The van der Waals surface area contributed by atoms with Crippen LogP contribution in [0.2, 0.25) is 0 Å². The van der Waals surface area contributed by atoms with Crippen LogP contribution >= 0.6 is 0 Å². The third-order valence-electron chi connectivity index (χ3n) is 5.93. The molecule has 0 heterocycles. The van der Waals surface area contributed by atoms with E-state index >= 15 is 0 Å². The lowest BCUT2D eigenvalue weighted by molar-refractivity contribution is 0.305. The molecule has 2 N–H and O–H groups in total. The number of aryl methyl sites for hydroxylation is 1. The molecule has 0 radical (unpaired) electrons. The van der Waals surface area contributed by atoms with E-state index < -0.39 is 0 Å². The largest absolute Gasteiger partial charge is 0.489 e. The van der Waals surface area contributed by atoms with E-state index in [2.05, 4.69) is 67.4 Å². The normalized spacial score (nSPS) is 14.8. The summed E-state index contributed by atoms with van der Waals surface area (Å²) < 4.78 is 11.0. The summed E-state index contributed by atoms with van der Waals surface area (Å²) >= 11 is 0. The zero-order valence-corrected chi connectivity index (χ0v) is 20.8. The van der Waals surface area contributed by atoms with Gasteiger partial charge in [-0.1, -0.05) is 62.7 Å². The minimum Gasteiger partial charge on any atom is -0.489 e. The van der Waals surface area contributed by atoms with Crippen molar-refractivity contribution in [3.8, 4) is 16.9 Å². The lowest BCUT2D eigenvalue weighted by Gasteiger charge is -2.24. The molecule has 1 aliphatic carbocycles. The molecule has 4 heteroatoms. The second-order valence-corrected chi connectivity index (χ2v) is 8.83. The Morgan fingerprint density at radius 3 is 2.50 bits per heavy atom. The predicted molar refractivity (Wildman–Crippen MR) is 143 cm³/mol. The highest BCUT2D eigenvalue weighted by Crippen LogP contribution is 2.30. The Bertz CT molecular complexity index is 1040. The van der Waals surface area contributed by atoms with Gasteiger partial charge in [-0.2, -0.15) is 0 Å². The summed E-state index contributed by atoms with van der Waals surface area (Å²) in [6.45, 7) is 5.60. The van der Waals surface area contributed by atoms with Crippen LogP contribution in [-0.4, -0.2) is 20.1 Å². The number of hydrogen-bond acceptors (Lipinski definition) is 4. The molecule has 0 bridgehead atoms. The molecular weight excluding hydrogens is 420 g/mol. The number of nitrogens with two attached hydrogens (primary N) is 1. The third-order valence-corrected chi connectivity index (χ3v) is 5.93. The van der Waals surface area contributed by atoms with Gasteiger partial charge in [0.25, 0.3) is 0 Å². The molecule has 4 rings (SSSR count). The number of methoxy groups -OCH3 is 1. The monoisotopic (exact) mass is 458 g/mol. The molecule has 3 aromatic rings. The van der Waals surface area contributed by atoms with Crippen LogP contribution in [0.15, 0.2) is 71.7 Å². The number of ether oxygens (including phenoxy) is 2. The summed E-state index contributed by atoms with van der Waals surface area (Å²) in [5, 5.41) is 0. The van der Waals surface area contributed by atoms with Crippen LogP contribution in [0.5, 0.6) is 5.75 Å². The molecule has 0 amide bonds. The molecule has 3 aromatic carbocycles. The SMILES string of the molecule is CCC.COC=Nc1cccc(-c2ccc(COc3ccc4c(c3)CCC(CCN)C4)cc2)c1. The summed E-state index contributed by atoms with van der Waals surface area (Å²) in [4.78, 5) is 4.26. The van der Waals surface area contributed by atoms with Crippen LogP contribution in [0, 0.1) is 5.92 Å². The topological polar surface area (TPSA) is 56.8 Å². The van der Waals surface area contributed by atoms with Gasteiger partial charge in [-0.25, -0.2) is 4.99 Å². The van der Waals surface area contributed by atoms with E-state index in [1.165, 1.54) is 30.4 Å². The van der Waals surface area contributed by atoms with E-state index in [1.807, 2.05) is 18.2 Å². The zero-order chi connectivity index (χ0) is 24.2. The molecule has 0 fully saturated rings.